The molecule has 0 bridgehead atoms. The van der Waals surface area contributed by atoms with Gasteiger partial charge in [-0.15, -0.1) is 0 Å². The first-order valence-corrected chi connectivity index (χ1v) is 7.11. The smallest absolute Gasteiger partial charge is 0.256 e. The van der Waals surface area contributed by atoms with Crippen molar-refractivity contribution in [2.75, 3.05) is 11.9 Å². The molecular formula is C16H14ClFN2O. The number of carbonyl (C=O) groups is 1. The fourth-order valence-electron chi connectivity index (χ4n) is 2.53. The van der Waals surface area contributed by atoms with Crippen molar-refractivity contribution in [2.24, 2.45) is 0 Å². The van der Waals surface area contributed by atoms with Crippen LogP contribution in [-0.2, 0) is 13.0 Å². The van der Waals surface area contributed by atoms with Crippen molar-refractivity contribution in [3.05, 3.63) is 63.9 Å². The highest BCUT2D eigenvalue weighted by atomic mass is 35.5. The quantitative estimate of drug-likeness (QED) is 0.893. The lowest BCUT2D eigenvalue weighted by atomic mass is 9.95. The van der Waals surface area contributed by atoms with Crippen molar-refractivity contribution in [3.63, 3.8) is 0 Å². The van der Waals surface area contributed by atoms with Crippen LogP contribution < -0.4 is 10.6 Å². The molecule has 3 rings (SSSR count). The number of nitrogens with one attached hydrogen (secondary N) is 2. The van der Waals surface area contributed by atoms with E-state index in [0.29, 0.717) is 10.6 Å². The first-order valence-electron chi connectivity index (χ1n) is 6.73. The zero-order chi connectivity index (χ0) is 14.8. The maximum Gasteiger partial charge on any atom is 0.256 e. The van der Waals surface area contributed by atoms with E-state index in [4.69, 9.17) is 11.6 Å². The predicted octanol–water partition coefficient (Wildman–Crippen LogP) is 3.38. The second-order valence-electron chi connectivity index (χ2n) is 4.95. The molecule has 5 heteroatoms. The van der Waals surface area contributed by atoms with E-state index in [0.717, 1.165) is 30.6 Å². The molecule has 2 N–H and O–H groups in total. The molecule has 0 fully saturated rings. The molecule has 1 aliphatic rings. The minimum absolute atomic E-state index is 0.0963. The van der Waals surface area contributed by atoms with Crippen LogP contribution in [0.15, 0.2) is 36.4 Å². The molecule has 0 aromatic heterocycles. The SMILES string of the molecule is O=C(Nc1cc(Cl)ccc1F)c1cccc2c1CCNC2. The summed E-state index contributed by atoms with van der Waals surface area (Å²) >= 11 is 5.84. The average molecular weight is 305 g/mol. The Morgan fingerprint density at radius 2 is 2.14 bits per heavy atom. The Morgan fingerprint density at radius 3 is 3.00 bits per heavy atom. The summed E-state index contributed by atoms with van der Waals surface area (Å²) in [5.74, 6) is -0.811. The zero-order valence-electron chi connectivity index (χ0n) is 11.2. The molecule has 0 radical (unpaired) electrons. The Kier molecular flexibility index (Phi) is 3.90. The van der Waals surface area contributed by atoms with Crippen LogP contribution in [0.5, 0.6) is 0 Å². The Hall–Kier alpha value is -1.91. The van der Waals surface area contributed by atoms with E-state index in [2.05, 4.69) is 10.6 Å². The molecule has 1 heterocycles. The van der Waals surface area contributed by atoms with E-state index in [1.54, 1.807) is 6.07 Å². The molecule has 0 saturated heterocycles. The van der Waals surface area contributed by atoms with Crippen LogP contribution in [0.25, 0.3) is 0 Å². The highest BCUT2D eigenvalue weighted by molar-refractivity contribution is 6.31. The van der Waals surface area contributed by atoms with Gasteiger partial charge < -0.3 is 10.6 Å². The monoisotopic (exact) mass is 304 g/mol. The largest absolute Gasteiger partial charge is 0.319 e. The van der Waals surface area contributed by atoms with Gasteiger partial charge >= 0.3 is 0 Å². The second kappa shape index (κ2) is 5.84. The molecule has 0 aliphatic carbocycles. The number of amides is 1. The summed E-state index contributed by atoms with van der Waals surface area (Å²) in [4.78, 5) is 12.4. The van der Waals surface area contributed by atoms with E-state index in [9.17, 15) is 9.18 Å². The van der Waals surface area contributed by atoms with Crippen LogP contribution in [-0.4, -0.2) is 12.5 Å². The minimum atomic E-state index is -0.501. The van der Waals surface area contributed by atoms with Gasteiger partial charge in [0.25, 0.3) is 5.91 Å². The molecule has 108 valence electrons. The molecule has 3 nitrogen and oxygen atoms in total. The lowest BCUT2D eigenvalue weighted by Gasteiger charge is -2.20. The van der Waals surface area contributed by atoms with E-state index >= 15 is 0 Å². The maximum atomic E-state index is 13.7. The first-order chi connectivity index (χ1) is 10.1. The first kappa shape index (κ1) is 14.0. The molecule has 1 amide bonds. The van der Waals surface area contributed by atoms with E-state index in [1.807, 2.05) is 12.1 Å². The molecule has 2 aromatic carbocycles. The van der Waals surface area contributed by atoms with Gasteiger partial charge in [0.05, 0.1) is 5.69 Å². The Labute approximate surface area is 127 Å². The predicted molar refractivity (Wildman–Crippen MR) is 81.2 cm³/mol. The Balaban J connectivity index is 1.91. The number of hydrogen-bond acceptors (Lipinski definition) is 2. The number of anilines is 1. The molecule has 1 aliphatic heterocycles. The van der Waals surface area contributed by atoms with Crippen molar-refractivity contribution in [1.29, 1.82) is 0 Å². The third-order valence-corrected chi connectivity index (χ3v) is 3.80. The molecule has 21 heavy (non-hydrogen) atoms. The van der Waals surface area contributed by atoms with Gasteiger partial charge in [0.15, 0.2) is 0 Å². The fraction of sp³-hybridized carbons (Fsp3) is 0.188. The van der Waals surface area contributed by atoms with Crippen LogP contribution in [0.2, 0.25) is 5.02 Å². The van der Waals surface area contributed by atoms with Crippen molar-refractivity contribution >= 4 is 23.2 Å². The topological polar surface area (TPSA) is 41.1 Å². The summed E-state index contributed by atoms with van der Waals surface area (Å²) in [6.45, 7) is 1.59. The summed E-state index contributed by atoms with van der Waals surface area (Å²) in [6, 6.07) is 9.70. The highest BCUT2D eigenvalue weighted by Gasteiger charge is 2.18. The van der Waals surface area contributed by atoms with Crippen molar-refractivity contribution in [3.8, 4) is 0 Å². The molecule has 0 saturated carbocycles. The Bertz CT molecular complexity index is 703. The van der Waals surface area contributed by atoms with Crippen LogP contribution in [0.1, 0.15) is 21.5 Å². The molecule has 0 spiro atoms. The van der Waals surface area contributed by atoms with Gasteiger partial charge in [-0.25, -0.2) is 4.39 Å². The summed E-state index contributed by atoms with van der Waals surface area (Å²) in [7, 11) is 0. The van der Waals surface area contributed by atoms with Gasteiger partial charge in [-0.2, -0.15) is 0 Å². The van der Waals surface area contributed by atoms with Crippen molar-refractivity contribution in [1.82, 2.24) is 5.32 Å². The van der Waals surface area contributed by atoms with Crippen LogP contribution in [0.4, 0.5) is 10.1 Å². The minimum Gasteiger partial charge on any atom is -0.319 e. The van der Waals surface area contributed by atoms with E-state index in [1.165, 1.54) is 18.2 Å². The summed E-state index contributed by atoms with van der Waals surface area (Å²) in [5.41, 5.74) is 2.82. The number of rotatable bonds is 2. The zero-order valence-corrected chi connectivity index (χ0v) is 12.0. The lowest BCUT2D eigenvalue weighted by Crippen LogP contribution is -2.26. The standard InChI is InChI=1S/C16H14ClFN2O/c17-11-4-5-14(18)15(8-11)20-16(21)13-3-1-2-10-9-19-7-6-12(10)13/h1-5,8,19H,6-7,9H2,(H,20,21). The van der Waals surface area contributed by atoms with Crippen LogP contribution in [0, 0.1) is 5.82 Å². The number of halogens is 2. The number of hydrogen-bond donors (Lipinski definition) is 2. The van der Waals surface area contributed by atoms with Crippen molar-refractivity contribution < 1.29 is 9.18 Å². The van der Waals surface area contributed by atoms with Gasteiger partial charge in [-0.05, 0) is 48.4 Å². The second-order valence-corrected chi connectivity index (χ2v) is 5.38. The summed E-state index contributed by atoms with van der Waals surface area (Å²) in [5, 5.41) is 6.24. The molecular weight excluding hydrogens is 291 g/mol. The summed E-state index contributed by atoms with van der Waals surface area (Å²) < 4.78 is 13.7. The molecule has 0 unspecified atom stereocenters. The molecule has 0 atom stereocenters. The molecule has 2 aromatic rings. The van der Waals surface area contributed by atoms with Crippen LogP contribution >= 0.6 is 11.6 Å². The van der Waals surface area contributed by atoms with E-state index in [-0.39, 0.29) is 11.6 Å². The number of carbonyl (C=O) groups excluding carboxylic acids is 1. The summed E-state index contributed by atoms with van der Waals surface area (Å²) in [6.07, 6.45) is 0.789. The van der Waals surface area contributed by atoms with Gasteiger partial charge in [0.2, 0.25) is 0 Å². The van der Waals surface area contributed by atoms with Crippen LogP contribution in [0.3, 0.4) is 0 Å². The number of benzene rings is 2. The lowest BCUT2D eigenvalue weighted by molar-refractivity contribution is 0.102. The van der Waals surface area contributed by atoms with Gasteiger partial charge in [-0.3, -0.25) is 4.79 Å². The van der Waals surface area contributed by atoms with Gasteiger partial charge in [-0.1, -0.05) is 23.7 Å². The van der Waals surface area contributed by atoms with E-state index < -0.39 is 5.82 Å². The highest BCUT2D eigenvalue weighted by Crippen LogP contribution is 2.23. The number of fused-ring (bicyclic) bond motifs is 1. The normalized spacial score (nSPS) is 13.6. The van der Waals surface area contributed by atoms with Gasteiger partial charge in [0, 0.05) is 17.1 Å². The fourth-order valence-corrected chi connectivity index (χ4v) is 2.70. The Morgan fingerprint density at radius 1 is 1.29 bits per heavy atom. The van der Waals surface area contributed by atoms with Gasteiger partial charge in [0.1, 0.15) is 5.82 Å². The maximum absolute atomic E-state index is 13.7. The third kappa shape index (κ3) is 2.91. The third-order valence-electron chi connectivity index (χ3n) is 3.56. The average Bonchev–Trinajstić information content (AvgIpc) is 2.50. The van der Waals surface area contributed by atoms with Crippen molar-refractivity contribution in [2.45, 2.75) is 13.0 Å².